The molecule has 0 saturated carbocycles. The van der Waals surface area contributed by atoms with Crippen molar-refractivity contribution < 1.29 is 9.53 Å². The van der Waals surface area contributed by atoms with Gasteiger partial charge in [-0.3, -0.25) is 8.32 Å². The molecule has 0 bridgehead atoms. The number of carbonyl (C=O) groups excluding carboxylic acids is 1. The fourth-order valence-corrected chi connectivity index (χ4v) is 3.19. The number of likely N-dealkylation sites (tertiary alicyclic amines) is 1. The number of ether oxygens (including phenoxy) is 1. The Hall–Kier alpha value is 0.0400. The summed E-state index contributed by atoms with van der Waals surface area (Å²) in [4.78, 5) is 16.1. The number of piperidine rings is 1. The quantitative estimate of drug-likeness (QED) is 0.354. The van der Waals surface area contributed by atoms with E-state index in [0.717, 1.165) is 25.6 Å². The molecule has 7 heteroatoms. The number of nitrogens with zero attached hydrogens (tertiary/aromatic N) is 2. The maximum absolute atomic E-state index is 11.0. The third kappa shape index (κ3) is 6.77. The Labute approximate surface area is 141 Å². The Morgan fingerprint density at radius 1 is 1.19 bits per heavy atom. The van der Waals surface area contributed by atoms with E-state index in [0.29, 0.717) is 6.61 Å². The van der Waals surface area contributed by atoms with E-state index in [1.807, 2.05) is 22.9 Å². The average Bonchev–Trinajstić information content (AvgIpc) is 2.54. The van der Waals surface area contributed by atoms with Gasteiger partial charge in [0.15, 0.2) is 0 Å². The molecule has 2 N–H and O–H groups in total. The summed E-state index contributed by atoms with van der Waals surface area (Å²) in [5.74, 6) is 0.787. The lowest BCUT2D eigenvalue weighted by atomic mass is 9.96. The van der Waals surface area contributed by atoms with E-state index in [-0.39, 0.29) is 12.5 Å². The molecule has 0 aromatic heterocycles. The maximum atomic E-state index is 11.0. The van der Waals surface area contributed by atoms with E-state index >= 15 is 0 Å². The van der Waals surface area contributed by atoms with Gasteiger partial charge in [0.25, 0.3) is 5.91 Å². The largest absolute Gasteiger partial charge is 0.370 e. The minimum atomic E-state index is -0.0645. The highest BCUT2D eigenvalue weighted by atomic mass is 127. The summed E-state index contributed by atoms with van der Waals surface area (Å²) in [6.07, 6.45) is 2.58. The molecule has 0 atom stereocenters. The number of hydrogen-bond acceptors (Lipinski definition) is 5. The van der Waals surface area contributed by atoms with Crippen molar-refractivity contribution in [1.82, 2.24) is 18.6 Å². The summed E-state index contributed by atoms with van der Waals surface area (Å²) in [6, 6.07) is 0. The van der Waals surface area contributed by atoms with Crippen LogP contribution in [0.25, 0.3) is 0 Å². The predicted octanol–water partition coefficient (Wildman–Crippen LogP) is 0.0864. The van der Waals surface area contributed by atoms with E-state index in [1.54, 1.807) is 0 Å². The molecule has 2 aliphatic heterocycles. The van der Waals surface area contributed by atoms with Gasteiger partial charge < -0.3 is 19.9 Å². The first-order chi connectivity index (χ1) is 10.3. The monoisotopic (exact) mass is 410 g/mol. The van der Waals surface area contributed by atoms with Crippen LogP contribution < -0.4 is 8.85 Å². The Bertz CT molecular complexity index is 305. The molecule has 2 saturated heterocycles. The molecular weight excluding hydrogens is 383 g/mol. The van der Waals surface area contributed by atoms with Gasteiger partial charge in [0.2, 0.25) is 0 Å². The van der Waals surface area contributed by atoms with Gasteiger partial charge in [-0.2, -0.15) is 0 Å². The molecule has 2 rings (SSSR count). The van der Waals surface area contributed by atoms with Gasteiger partial charge in [0.1, 0.15) is 6.61 Å². The van der Waals surface area contributed by atoms with E-state index in [4.69, 9.17) is 4.74 Å². The number of piperazine rings is 1. The van der Waals surface area contributed by atoms with Gasteiger partial charge in [-0.05, 0) is 31.8 Å². The van der Waals surface area contributed by atoms with Crippen molar-refractivity contribution >= 4 is 28.8 Å². The molecule has 0 radical (unpaired) electrons. The normalized spacial score (nSPS) is 22.3. The smallest absolute Gasteiger partial charge is 0.254 e. The summed E-state index contributed by atoms with van der Waals surface area (Å²) < 4.78 is 7.90. The number of rotatable bonds is 7. The first-order valence-corrected chi connectivity index (χ1v) is 8.98. The molecule has 21 heavy (non-hydrogen) atoms. The molecule has 122 valence electrons. The number of halogens is 1. The van der Waals surface area contributed by atoms with Crippen LogP contribution in [0.1, 0.15) is 12.8 Å². The zero-order chi connectivity index (χ0) is 14.9. The number of carbonyl (C=O) groups is 1. The lowest BCUT2D eigenvalue weighted by Gasteiger charge is -2.36. The van der Waals surface area contributed by atoms with Crippen molar-refractivity contribution in [2.45, 2.75) is 12.8 Å². The molecule has 6 nitrogen and oxygen atoms in total. The van der Waals surface area contributed by atoms with Gasteiger partial charge in [-0.1, -0.05) is 0 Å². The van der Waals surface area contributed by atoms with Crippen molar-refractivity contribution in [2.24, 2.45) is 5.92 Å². The Morgan fingerprint density at radius 3 is 2.57 bits per heavy atom. The van der Waals surface area contributed by atoms with Gasteiger partial charge in [0, 0.05) is 39.3 Å². The zero-order valence-electron chi connectivity index (χ0n) is 12.7. The highest BCUT2D eigenvalue weighted by Gasteiger charge is 2.21. The highest BCUT2D eigenvalue weighted by Crippen LogP contribution is 2.18. The Balaban J connectivity index is 1.52. The van der Waals surface area contributed by atoms with Crippen LogP contribution in [-0.2, 0) is 9.53 Å². The van der Waals surface area contributed by atoms with Gasteiger partial charge in [-0.15, -0.1) is 0 Å². The molecular formula is C14H27IN4O2. The lowest BCUT2D eigenvalue weighted by Crippen LogP contribution is -2.47. The fraction of sp³-hybridized carbons (Fsp3) is 0.929. The molecule has 0 aliphatic carbocycles. The van der Waals surface area contributed by atoms with Crippen LogP contribution in [0.15, 0.2) is 0 Å². The third-order valence-electron chi connectivity index (χ3n) is 4.32. The van der Waals surface area contributed by atoms with Gasteiger partial charge in [-0.25, -0.2) is 0 Å². The molecule has 0 spiro atoms. The predicted molar refractivity (Wildman–Crippen MR) is 91.5 cm³/mol. The highest BCUT2D eigenvalue weighted by molar-refractivity contribution is 14.1. The number of hydrogen-bond donors (Lipinski definition) is 2. The topological polar surface area (TPSA) is 56.8 Å². The second-order valence-electron chi connectivity index (χ2n) is 5.91. The van der Waals surface area contributed by atoms with Crippen molar-refractivity contribution in [3.8, 4) is 0 Å². The van der Waals surface area contributed by atoms with Crippen LogP contribution in [0.5, 0.6) is 0 Å². The van der Waals surface area contributed by atoms with Gasteiger partial charge >= 0.3 is 0 Å². The Kier molecular flexibility index (Phi) is 8.23. The van der Waals surface area contributed by atoms with Crippen LogP contribution in [0.3, 0.4) is 0 Å². The summed E-state index contributed by atoms with van der Waals surface area (Å²) in [7, 11) is 0. The molecule has 1 amide bonds. The van der Waals surface area contributed by atoms with E-state index in [1.165, 1.54) is 45.6 Å². The molecule has 2 fully saturated rings. The summed E-state index contributed by atoms with van der Waals surface area (Å²) >= 11 is 1.84. The van der Waals surface area contributed by atoms with E-state index in [9.17, 15) is 4.79 Å². The summed E-state index contributed by atoms with van der Waals surface area (Å²) in [5.41, 5.74) is 0. The first kappa shape index (κ1) is 17.4. The Morgan fingerprint density at radius 2 is 1.90 bits per heavy atom. The van der Waals surface area contributed by atoms with Crippen molar-refractivity contribution in [3.05, 3.63) is 0 Å². The molecule has 0 unspecified atom stereocenters. The minimum absolute atomic E-state index is 0.0645. The van der Waals surface area contributed by atoms with Crippen LogP contribution in [0.4, 0.5) is 0 Å². The van der Waals surface area contributed by atoms with E-state index < -0.39 is 0 Å². The van der Waals surface area contributed by atoms with Crippen LogP contribution >= 0.6 is 22.9 Å². The molecule has 2 heterocycles. The standard InChI is InChI=1S/C14H27IN4O2/c15-17-14(20)12-21-10-9-18-5-1-13(2-6-18)11-19-7-3-16-4-8-19/h13,16H,1-12H2,(H,17,20). The van der Waals surface area contributed by atoms with Crippen LogP contribution in [-0.4, -0.2) is 81.3 Å². The number of amides is 1. The van der Waals surface area contributed by atoms with Crippen LogP contribution in [0, 0.1) is 5.92 Å². The van der Waals surface area contributed by atoms with E-state index in [2.05, 4.69) is 18.6 Å². The van der Waals surface area contributed by atoms with Crippen molar-refractivity contribution in [1.29, 1.82) is 0 Å². The summed E-state index contributed by atoms with van der Waals surface area (Å²) in [5, 5.41) is 3.41. The lowest BCUT2D eigenvalue weighted by molar-refractivity contribution is -0.123. The molecule has 0 aromatic rings. The second-order valence-corrected chi connectivity index (χ2v) is 6.45. The van der Waals surface area contributed by atoms with Gasteiger partial charge in [0.05, 0.1) is 29.5 Å². The molecule has 2 aliphatic rings. The molecule has 0 aromatic carbocycles. The average molecular weight is 410 g/mol. The fourth-order valence-electron chi connectivity index (χ4n) is 3.04. The zero-order valence-corrected chi connectivity index (χ0v) is 14.8. The third-order valence-corrected chi connectivity index (χ3v) is 4.93. The summed E-state index contributed by atoms with van der Waals surface area (Å²) in [6.45, 7) is 10.0. The van der Waals surface area contributed by atoms with Crippen molar-refractivity contribution in [3.63, 3.8) is 0 Å². The second kappa shape index (κ2) is 9.94. The minimum Gasteiger partial charge on any atom is -0.370 e. The SMILES string of the molecule is O=C(COCCN1CCC(CN2CCNCC2)CC1)NI. The first-order valence-electron chi connectivity index (χ1n) is 7.90. The van der Waals surface area contributed by atoms with Crippen LogP contribution in [0.2, 0.25) is 0 Å². The maximum Gasteiger partial charge on any atom is 0.254 e. The van der Waals surface area contributed by atoms with Crippen molar-refractivity contribution in [2.75, 3.05) is 65.6 Å². The number of nitrogens with one attached hydrogen (secondary N) is 2.